The molecule has 1 aliphatic rings. The second kappa shape index (κ2) is 8.51. The van der Waals surface area contributed by atoms with Crippen LogP contribution >= 0.6 is 11.6 Å². The lowest BCUT2D eigenvalue weighted by molar-refractivity contribution is -0.114. The molecule has 1 amide bonds. The van der Waals surface area contributed by atoms with Gasteiger partial charge in [0, 0.05) is 16.4 Å². The van der Waals surface area contributed by atoms with Crippen LogP contribution in [-0.2, 0) is 4.79 Å². The van der Waals surface area contributed by atoms with Crippen LogP contribution in [-0.4, -0.2) is 20.1 Å². The van der Waals surface area contributed by atoms with Crippen LogP contribution in [0, 0.1) is 0 Å². The number of carbonyl (C=O) groups is 1. The third-order valence-electron chi connectivity index (χ3n) is 4.98. The molecule has 0 spiro atoms. The van der Waals surface area contributed by atoms with Crippen LogP contribution in [0.4, 0.5) is 11.4 Å². The maximum Gasteiger partial charge on any atom is 0.275 e. The zero-order valence-electron chi connectivity index (χ0n) is 16.6. The Morgan fingerprint density at radius 2 is 1.40 bits per heavy atom. The van der Waals surface area contributed by atoms with Crippen molar-refractivity contribution in [3.05, 3.63) is 95.2 Å². The summed E-state index contributed by atoms with van der Waals surface area (Å²) in [4.78, 5) is 15.1. The molecule has 0 aromatic heterocycles. The van der Waals surface area contributed by atoms with Gasteiger partial charge in [0.2, 0.25) is 0 Å². The number of ether oxygens (including phenoxy) is 2. The van der Waals surface area contributed by atoms with E-state index in [4.69, 9.17) is 21.1 Å². The second-order valence-electron chi connectivity index (χ2n) is 6.80. The van der Waals surface area contributed by atoms with Crippen molar-refractivity contribution in [2.24, 2.45) is 0 Å². The summed E-state index contributed by atoms with van der Waals surface area (Å²) in [5.41, 5.74) is 3.07. The number of rotatable bonds is 6. The SMILES string of the molecule is COc1ccc(NC2=CC(c3ccc(Cl)cc3)N(c3ccc(OC)cc3)C2=O)cc1. The van der Waals surface area contributed by atoms with Gasteiger partial charge >= 0.3 is 0 Å². The van der Waals surface area contributed by atoms with E-state index in [1.165, 1.54) is 0 Å². The standard InChI is InChI=1S/C24H21ClN2O3/c1-29-20-11-7-18(8-12-20)26-22-15-23(16-3-5-17(25)6-4-16)27(24(22)28)19-9-13-21(30-2)14-10-19/h3-15,23,26H,1-2H3. The Bertz CT molecular complexity index is 1060. The lowest BCUT2D eigenvalue weighted by Crippen LogP contribution is -2.30. The molecule has 0 radical (unpaired) electrons. The summed E-state index contributed by atoms with van der Waals surface area (Å²) in [6.07, 6.45) is 1.93. The van der Waals surface area contributed by atoms with Gasteiger partial charge in [-0.15, -0.1) is 0 Å². The monoisotopic (exact) mass is 420 g/mol. The van der Waals surface area contributed by atoms with Crippen LogP contribution in [0.2, 0.25) is 5.02 Å². The molecule has 0 saturated heterocycles. The Kier molecular flexibility index (Phi) is 5.63. The first-order valence-corrected chi connectivity index (χ1v) is 9.83. The summed E-state index contributed by atoms with van der Waals surface area (Å²) in [7, 11) is 3.24. The largest absolute Gasteiger partial charge is 0.497 e. The van der Waals surface area contributed by atoms with E-state index in [1.54, 1.807) is 19.1 Å². The highest BCUT2D eigenvalue weighted by Gasteiger charge is 2.34. The van der Waals surface area contributed by atoms with Crippen molar-refractivity contribution in [1.29, 1.82) is 0 Å². The highest BCUT2D eigenvalue weighted by atomic mass is 35.5. The van der Waals surface area contributed by atoms with Crippen LogP contribution in [0.25, 0.3) is 0 Å². The molecule has 5 nitrogen and oxygen atoms in total. The van der Waals surface area contributed by atoms with Gasteiger partial charge in [0.15, 0.2) is 0 Å². The minimum absolute atomic E-state index is 0.115. The zero-order valence-corrected chi connectivity index (χ0v) is 17.4. The van der Waals surface area contributed by atoms with E-state index in [9.17, 15) is 4.79 Å². The van der Waals surface area contributed by atoms with Crippen LogP contribution in [0.15, 0.2) is 84.6 Å². The predicted molar refractivity (Wildman–Crippen MR) is 119 cm³/mol. The molecule has 0 fully saturated rings. The number of amides is 1. The highest BCUT2D eigenvalue weighted by molar-refractivity contribution is 6.30. The lowest BCUT2D eigenvalue weighted by atomic mass is 10.1. The fraction of sp³-hybridized carbons (Fsp3) is 0.125. The first-order chi connectivity index (χ1) is 14.6. The number of methoxy groups -OCH3 is 2. The third-order valence-corrected chi connectivity index (χ3v) is 5.24. The summed E-state index contributed by atoms with van der Waals surface area (Å²) in [5, 5.41) is 3.89. The lowest BCUT2D eigenvalue weighted by Gasteiger charge is -2.25. The summed E-state index contributed by atoms with van der Waals surface area (Å²) < 4.78 is 10.4. The van der Waals surface area contributed by atoms with Crippen molar-refractivity contribution in [2.45, 2.75) is 6.04 Å². The fourth-order valence-electron chi connectivity index (χ4n) is 3.41. The molecule has 1 aliphatic heterocycles. The molecular formula is C24H21ClN2O3. The molecule has 3 aromatic carbocycles. The van der Waals surface area contributed by atoms with Crippen LogP contribution in [0.5, 0.6) is 11.5 Å². The zero-order chi connectivity index (χ0) is 21.1. The number of hydrogen-bond donors (Lipinski definition) is 1. The van der Waals surface area contributed by atoms with Crippen molar-refractivity contribution in [2.75, 3.05) is 24.4 Å². The van der Waals surface area contributed by atoms with Gasteiger partial charge < -0.3 is 14.8 Å². The van der Waals surface area contributed by atoms with Crippen LogP contribution in [0.1, 0.15) is 11.6 Å². The fourth-order valence-corrected chi connectivity index (χ4v) is 3.54. The summed E-state index contributed by atoms with van der Waals surface area (Å²) in [5.74, 6) is 1.38. The molecule has 0 bridgehead atoms. The Balaban J connectivity index is 1.68. The molecule has 1 heterocycles. The average molecular weight is 421 g/mol. The Morgan fingerprint density at radius 3 is 1.97 bits per heavy atom. The molecule has 4 rings (SSSR count). The van der Waals surface area contributed by atoms with Gasteiger partial charge in [-0.3, -0.25) is 9.69 Å². The van der Waals surface area contributed by atoms with Crippen molar-refractivity contribution in [1.82, 2.24) is 0 Å². The maximum absolute atomic E-state index is 13.4. The summed E-state index contributed by atoms with van der Waals surface area (Å²) in [6.45, 7) is 0. The second-order valence-corrected chi connectivity index (χ2v) is 7.24. The molecule has 1 atom stereocenters. The topological polar surface area (TPSA) is 50.8 Å². The third kappa shape index (κ3) is 3.98. The number of nitrogens with one attached hydrogen (secondary N) is 1. The quantitative estimate of drug-likeness (QED) is 0.576. The summed E-state index contributed by atoms with van der Waals surface area (Å²) in [6, 6.07) is 22.2. The average Bonchev–Trinajstić information content (AvgIpc) is 3.10. The first-order valence-electron chi connectivity index (χ1n) is 9.45. The Labute approximate surface area is 180 Å². The van der Waals surface area contributed by atoms with E-state index in [2.05, 4.69) is 5.32 Å². The normalized spacial score (nSPS) is 15.7. The number of nitrogens with zero attached hydrogens (tertiary/aromatic N) is 1. The number of carbonyl (C=O) groups excluding carboxylic acids is 1. The van der Waals surface area contributed by atoms with Gasteiger partial charge in [0.05, 0.1) is 20.3 Å². The minimum Gasteiger partial charge on any atom is -0.497 e. The van der Waals surface area contributed by atoms with Crippen LogP contribution in [0.3, 0.4) is 0 Å². The molecule has 6 heteroatoms. The van der Waals surface area contributed by atoms with E-state index in [-0.39, 0.29) is 11.9 Å². The van der Waals surface area contributed by atoms with Crippen molar-refractivity contribution < 1.29 is 14.3 Å². The van der Waals surface area contributed by atoms with Gasteiger partial charge in [-0.25, -0.2) is 0 Å². The molecule has 3 aromatic rings. The number of anilines is 2. The number of benzene rings is 3. The van der Waals surface area contributed by atoms with Crippen LogP contribution < -0.4 is 19.7 Å². The number of hydrogen-bond acceptors (Lipinski definition) is 4. The first kappa shape index (κ1) is 19.9. The molecule has 30 heavy (non-hydrogen) atoms. The smallest absolute Gasteiger partial charge is 0.275 e. The van der Waals surface area contributed by atoms with Crippen molar-refractivity contribution >= 4 is 28.9 Å². The predicted octanol–water partition coefficient (Wildman–Crippen LogP) is 5.44. The highest BCUT2D eigenvalue weighted by Crippen LogP contribution is 2.37. The van der Waals surface area contributed by atoms with E-state index in [0.29, 0.717) is 10.7 Å². The molecule has 0 saturated carbocycles. The van der Waals surface area contributed by atoms with Gasteiger partial charge in [0.1, 0.15) is 17.2 Å². The molecular weight excluding hydrogens is 400 g/mol. The van der Waals surface area contributed by atoms with Gasteiger partial charge in [-0.05, 0) is 72.3 Å². The van der Waals surface area contributed by atoms with E-state index < -0.39 is 0 Å². The van der Waals surface area contributed by atoms with E-state index in [1.807, 2.05) is 78.9 Å². The van der Waals surface area contributed by atoms with Crippen molar-refractivity contribution in [3.8, 4) is 11.5 Å². The van der Waals surface area contributed by atoms with Gasteiger partial charge in [-0.2, -0.15) is 0 Å². The minimum atomic E-state index is -0.260. The molecule has 1 unspecified atom stereocenters. The van der Waals surface area contributed by atoms with E-state index >= 15 is 0 Å². The van der Waals surface area contributed by atoms with Gasteiger partial charge in [0.25, 0.3) is 5.91 Å². The summed E-state index contributed by atoms with van der Waals surface area (Å²) >= 11 is 6.06. The van der Waals surface area contributed by atoms with Crippen molar-refractivity contribution in [3.63, 3.8) is 0 Å². The van der Waals surface area contributed by atoms with Gasteiger partial charge in [-0.1, -0.05) is 23.7 Å². The Morgan fingerprint density at radius 1 is 0.833 bits per heavy atom. The molecule has 1 N–H and O–H groups in total. The maximum atomic E-state index is 13.4. The molecule has 152 valence electrons. The molecule has 0 aliphatic carbocycles. The number of halogens is 1. The van der Waals surface area contributed by atoms with E-state index in [0.717, 1.165) is 28.4 Å². The Hall–Kier alpha value is -3.44.